The lowest BCUT2D eigenvalue weighted by Crippen LogP contribution is -1.91. The molecule has 4 aromatic rings. The second-order valence-corrected chi connectivity index (χ2v) is 5.74. The molecule has 0 amide bonds. The van der Waals surface area contributed by atoms with Gasteiger partial charge in [0.1, 0.15) is 0 Å². The topological polar surface area (TPSA) is 12.9 Å². The lowest BCUT2D eigenvalue weighted by molar-refractivity contribution is 1.17. The number of benzene rings is 3. The molecule has 0 N–H and O–H groups in total. The van der Waals surface area contributed by atoms with Gasteiger partial charge in [-0.1, -0.05) is 72.8 Å². The summed E-state index contributed by atoms with van der Waals surface area (Å²) in [6.45, 7) is 0. The number of nitrogens with zero attached hydrogens (tertiary/aromatic N) is 1. The predicted octanol–water partition coefficient (Wildman–Crippen LogP) is 5.49. The SMILES string of the molecule is c1ccc(Cc2cnc3cccc(-c4ccccc4)c3c2)cc1. The van der Waals surface area contributed by atoms with Crippen molar-refractivity contribution in [3.8, 4) is 11.1 Å². The van der Waals surface area contributed by atoms with Crippen molar-refractivity contribution in [3.63, 3.8) is 0 Å². The Morgan fingerprint density at radius 1 is 0.652 bits per heavy atom. The third-order valence-corrected chi connectivity index (χ3v) is 4.12. The first-order chi connectivity index (χ1) is 11.4. The smallest absolute Gasteiger partial charge is 0.0708 e. The van der Waals surface area contributed by atoms with E-state index in [0.717, 1.165) is 11.9 Å². The molecular weight excluding hydrogens is 278 g/mol. The summed E-state index contributed by atoms with van der Waals surface area (Å²) in [5.41, 5.74) is 6.07. The minimum Gasteiger partial charge on any atom is -0.256 e. The van der Waals surface area contributed by atoms with E-state index in [1.54, 1.807) is 0 Å². The zero-order valence-corrected chi connectivity index (χ0v) is 12.8. The fourth-order valence-electron chi connectivity index (χ4n) is 2.99. The van der Waals surface area contributed by atoms with E-state index in [-0.39, 0.29) is 0 Å². The van der Waals surface area contributed by atoms with Crippen LogP contribution in [0.5, 0.6) is 0 Å². The van der Waals surface area contributed by atoms with Crippen LogP contribution in [-0.4, -0.2) is 4.98 Å². The van der Waals surface area contributed by atoms with E-state index in [4.69, 9.17) is 0 Å². The maximum absolute atomic E-state index is 4.66. The number of hydrogen-bond acceptors (Lipinski definition) is 1. The van der Waals surface area contributed by atoms with Gasteiger partial charge >= 0.3 is 0 Å². The molecule has 0 fully saturated rings. The van der Waals surface area contributed by atoms with Gasteiger partial charge in [-0.25, -0.2) is 0 Å². The summed E-state index contributed by atoms with van der Waals surface area (Å²) in [4.78, 5) is 4.66. The third kappa shape index (κ3) is 2.86. The Hall–Kier alpha value is -2.93. The Balaban J connectivity index is 1.81. The van der Waals surface area contributed by atoms with Crippen LogP contribution in [0.25, 0.3) is 22.0 Å². The van der Waals surface area contributed by atoms with Crippen LogP contribution >= 0.6 is 0 Å². The van der Waals surface area contributed by atoms with Crippen molar-refractivity contribution in [2.45, 2.75) is 6.42 Å². The first-order valence-electron chi connectivity index (χ1n) is 7.87. The van der Waals surface area contributed by atoms with Crippen molar-refractivity contribution in [3.05, 3.63) is 102 Å². The Bertz CT molecular complexity index is 928. The van der Waals surface area contributed by atoms with Crippen LogP contribution < -0.4 is 0 Å². The van der Waals surface area contributed by atoms with Gasteiger partial charge < -0.3 is 0 Å². The molecule has 23 heavy (non-hydrogen) atoms. The molecular formula is C22H17N. The zero-order chi connectivity index (χ0) is 15.5. The molecule has 110 valence electrons. The van der Waals surface area contributed by atoms with Crippen LogP contribution in [0, 0.1) is 0 Å². The average Bonchev–Trinajstić information content (AvgIpc) is 2.63. The molecule has 0 aliphatic rings. The van der Waals surface area contributed by atoms with Gasteiger partial charge in [0.2, 0.25) is 0 Å². The normalized spacial score (nSPS) is 10.8. The monoisotopic (exact) mass is 295 g/mol. The molecule has 4 rings (SSSR count). The minimum absolute atomic E-state index is 0.910. The van der Waals surface area contributed by atoms with Crippen molar-refractivity contribution < 1.29 is 0 Å². The molecule has 0 saturated heterocycles. The van der Waals surface area contributed by atoms with Gasteiger partial charge in [0.15, 0.2) is 0 Å². The molecule has 0 bridgehead atoms. The first-order valence-corrected chi connectivity index (χ1v) is 7.87. The van der Waals surface area contributed by atoms with Gasteiger partial charge in [0.25, 0.3) is 0 Å². The lowest BCUT2D eigenvalue weighted by Gasteiger charge is -2.09. The summed E-state index contributed by atoms with van der Waals surface area (Å²) in [6, 6.07) is 29.6. The molecule has 0 radical (unpaired) electrons. The number of fused-ring (bicyclic) bond motifs is 1. The summed E-state index contributed by atoms with van der Waals surface area (Å²) in [7, 11) is 0. The van der Waals surface area contributed by atoms with E-state index in [9.17, 15) is 0 Å². The maximum Gasteiger partial charge on any atom is 0.0708 e. The van der Waals surface area contributed by atoms with Crippen LogP contribution in [0.4, 0.5) is 0 Å². The Labute approximate surface area is 136 Å². The summed E-state index contributed by atoms with van der Waals surface area (Å²) in [6.07, 6.45) is 2.90. The number of pyridine rings is 1. The molecule has 0 aliphatic heterocycles. The van der Waals surface area contributed by atoms with Gasteiger partial charge in [0, 0.05) is 11.6 Å². The van der Waals surface area contributed by atoms with E-state index in [1.165, 1.54) is 27.6 Å². The minimum atomic E-state index is 0.910. The van der Waals surface area contributed by atoms with Gasteiger partial charge in [-0.2, -0.15) is 0 Å². The molecule has 3 aromatic carbocycles. The highest BCUT2D eigenvalue weighted by molar-refractivity contribution is 5.94. The van der Waals surface area contributed by atoms with E-state index in [2.05, 4.69) is 83.8 Å². The maximum atomic E-state index is 4.66. The van der Waals surface area contributed by atoms with Crippen LogP contribution in [0.2, 0.25) is 0 Å². The van der Waals surface area contributed by atoms with Crippen molar-refractivity contribution in [1.82, 2.24) is 4.98 Å². The summed E-state index contributed by atoms with van der Waals surface area (Å²) in [5, 5.41) is 1.21. The van der Waals surface area contributed by atoms with Crippen LogP contribution in [0.1, 0.15) is 11.1 Å². The van der Waals surface area contributed by atoms with Crippen molar-refractivity contribution >= 4 is 10.9 Å². The standard InChI is InChI=1S/C22H17N/c1-3-8-17(9-4-1)14-18-15-21-20(19-10-5-2-6-11-19)12-7-13-22(21)23-16-18/h1-13,15-16H,14H2. The largest absolute Gasteiger partial charge is 0.256 e. The highest BCUT2D eigenvalue weighted by atomic mass is 14.6. The van der Waals surface area contributed by atoms with Crippen molar-refractivity contribution in [2.75, 3.05) is 0 Å². The molecule has 1 heterocycles. The second kappa shape index (κ2) is 6.05. The van der Waals surface area contributed by atoms with Crippen LogP contribution in [0.3, 0.4) is 0 Å². The third-order valence-electron chi connectivity index (χ3n) is 4.12. The van der Waals surface area contributed by atoms with E-state index in [0.29, 0.717) is 0 Å². The first kappa shape index (κ1) is 13.7. The second-order valence-electron chi connectivity index (χ2n) is 5.74. The average molecular weight is 295 g/mol. The quantitative estimate of drug-likeness (QED) is 0.487. The highest BCUT2D eigenvalue weighted by Gasteiger charge is 2.06. The van der Waals surface area contributed by atoms with E-state index >= 15 is 0 Å². The molecule has 0 atom stereocenters. The van der Waals surface area contributed by atoms with Crippen molar-refractivity contribution in [1.29, 1.82) is 0 Å². The number of aromatic nitrogens is 1. The van der Waals surface area contributed by atoms with Gasteiger partial charge in [-0.3, -0.25) is 4.98 Å². The highest BCUT2D eigenvalue weighted by Crippen LogP contribution is 2.28. The summed E-state index contributed by atoms with van der Waals surface area (Å²) >= 11 is 0. The number of hydrogen-bond donors (Lipinski definition) is 0. The van der Waals surface area contributed by atoms with Crippen molar-refractivity contribution in [2.24, 2.45) is 0 Å². The molecule has 0 spiro atoms. The fourth-order valence-corrected chi connectivity index (χ4v) is 2.99. The van der Waals surface area contributed by atoms with Crippen LogP contribution in [0.15, 0.2) is 91.1 Å². The van der Waals surface area contributed by atoms with Gasteiger partial charge in [0.05, 0.1) is 5.52 Å². The predicted molar refractivity (Wildman–Crippen MR) is 96.4 cm³/mol. The molecule has 1 aromatic heterocycles. The van der Waals surface area contributed by atoms with Gasteiger partial charge in [-0.05, 0) is 40.8 Å². The molecule has 1 heteroatoms. The zero-order valence-electron chi connectivity index (χ0n) is 12.8. The summed E-state index contributed by atoms with van der Waals surface area (Å²) < 4.78 is 0. The van der Waals surface area contributed by atoms with E-state index in [1.807, 2.05) is 12.3 Å². The van der Waals surface area contributed by atoms with Gasteiger partial charge in [-0.15, -0.1) is 0 Å². The molecule has 0 aliphatic carbocycles. The Morgan fingerprint density at radius 3 is 2.17 bits per heavy atom. The fraction of sp³-hybridized carbons (Fsp3) is 0.0455. The lowest BCUT2D eigenvalue weighted by atomic mass is 9.98. The molecule has 1 nitrogen and oxygen atoms in total. The van der Waals surface area contributed by atoms with E-state index < -0.39 is 0 Å². The molecule has 0 unspecified atom stereocenters. The Morgan fingerprint density at radius 2 is 1.39 bits per heavy atom. The summed E-state index contributed by atoms with van der Waals surface area (Å²) in [5.74, 6) is 0. The number of rotatable bonds is 3. The van der Waals surface area contributed by atoms with Crippen LogP contribution in [-0.2, 0) is 6.42 Å². The molecule has 0 saturated carbocycles. The Kier molecular flexibility index (Phi) is 3.61.